The number of carbonyl (C=O) groups is 1. The van der Waals surface area contributed by atoms with Gasteiger partial charge in [0.2, 0.25) is 5.91 Å². The Morgan fingerprint density at radius 2 is 1.62 bits per heavy atom. The van der Waals surface area contributed by atoms with Crippen LogP contribution in [0.15, 0.2) is 0 Å². The molecule has 0 aromatic carbocycles. The van der Waals surface area contributed by atoms with Crippen molar-refractivity contribution >= 4 is 36.6 Å². The Morgan fingerprint density at radius 3 is 2.16 bits per heavy atom. The van der Waals surface area contributed by atoms with Crippen molar-refractivity contribution in [2.75, 3.05) is 64.8 Å². The second-order valence-electron chi connectivity index (χ2n) is 8.19. The van der Waals surface area contributed by atoms with Crippen LogP contribution in [0, 0.1) is 5.92 Å². The van der Waals surface area contributed by atoms with E-state index in [0.29, 0.717) is 37.2 Å². The first-order valence-corrected chi connectivity index (χ1v) is 15.1. The van der Waals surface area contributed by atoms with Crippen molar-refractivity contribution in [1.82, 2.24) is 16.0 Å². The van der Waals surface area contributed by atoms with Crippen molar-refractivity contribution in [2.45, 2.75) is 38.5 Å². The predicted molar refractivity (Wildman–Crippen MR) is 128 cm³/mol. The lowest BCUT2D eigenvalue weighted by Gasteiger charge is -2.26. The minimum Gasteiger partial charge on any atom is -0.391 e. The fourth-order valence-corrected chi connectivity index (χ4v) is 6.44. The number of hydrogen-bond donors (Lipinski definition) is 5. The molecule has 0 aliphatic heterocycles. The lowest BCUT2D eigenvalue weighted by Crippen LogP contribution is -2.50. The first kappa shape index (κ1) is 31.7. The number of rotatable bonds is 19. The molecule has 0 spiro atoms. The smallest absolute Gasteiger partial charge is 0.391 e. The highest BCUT2D eigenvalue weighted by atomic mass is 32.2. The van der Waals surface area contributed by atoms with Gasteiger partial charge in [-0.25, -0.2) is 0 Å². The molecule has 0 radical (unpaired) electrons. The molecule has 0 bridgehead atoms. The van der Waals surface area contributed by atoms with E-state index in [1.54, 1.807) is 28.3 Å². The van der Waals surface area contributed by atoms with Gasteiger partial charge in [0.1, 0.15) is 0 Å². The van der Waals surface area contributed by atoms with Crippen molar-refractivity contribution < 1.29 is 36.1 Å². The highest BCUT2D eigenvalue weighted by Gasteiger charge is 2.36. The molecule has 0 heterocycles. The summed E-state index contributed by atoms with van der Waals surface area (Å²) < 4.78 is 47.1. The zero-order valence-corrected chi connectivity index (χ0v) is 22.6. The lowest BCUT2D eigenvalue weighted by molar-refractivity contribution is -0.125. The molecule has 5 N–H and O–H groups in total. The molecule has 32 heavy (non-hydrogen) atoms. The maximum absolute atomic E-state index is 12.2. The molecule has 0 aromatic rings. The molecular formula is C18H41N3O8S2Si. The van der Waals surface area contributed by atoms with Crippen molar-refractivity contribution in [3.8, 4) is 0 Å². The first-order valence-electron chi connectivity index (χ1n) is 10.4. The monoisotopic (exact) mass is 519 g/mol. The highest BCUT2D eigenvalue weighted by molar-refractivity contribution is 7.99. The summed E-state index contributed by atoms with van der Waals surface area (Å²) in [7, 11) is -2.00. The molecule has 0 saturated heterocycles. The Hall–Kier alpha value is -0.293. The van der Waals surface area contributed by atoms with Gasteiger partial charge in [-0.2, -0.15) is 20.2 Å². The van der Waals surface area contributed by atoms with Crippen molar-refractivity contribution in [1.29, 1.82) is 0 Å². The molecule has 0 fully saturated rings. The van der Waals surface area contributed by atoms with E-state index in [2.05, 4.69) is 16.0 Å². The van der Waals surface area contributed by atoms with E-state index in [9.17, 15) is 18.3 Å². The zero-order valence-electron chi connectivity index (χ0n) is 20.0. The maximum Gasteiger partial charge on any atom is 0.501 e. The van der Waals surface area contributed by atoms with Crippen molar-refractivity contribution in [3.05, 3.63) is 0 Å². The molecule has 0 rings (SSSR count). The van der Waals surface area contributed by atoms with Gasteiger partial charge in [0.05, 0.1) is 17.4 Å². The zero-order chi connectivity index (χ0) is 24.8. The van der Waals surface area contributed by atoms with Crippen LogP contribution in [-0.4, -0.2) is 109 Å². The molecular weight excluding hydrogens is 478 g/mol. The number of aliphatic hydroxyl groups is 1. The quantitative estimate of drug-likeness (QED) is 0.0856. The van der Waals surface area contributed by atoms with E-state index >= 15 is 0 Å². The van der Waals surface area contributed by atoms with E-state index < -0.39 is 36.3 Å². The summed E-state index contributed by atoms with van der Waals surface area (Å²) in [5.41, 5.74) is -1.07. The van der Waals surface area contributed by atoms with E-state index in [4.69, 9.17) is 17.8 Å². The Balaban J connectivity index is 3.95. The van der Waals surface area contributed by atoms with Gasteiger partial charge < -0.3 is 34.3 Å². The first-order chi connectivity index (χ1) is 14.8. The molecule has 11 nitrogen and oxygen atoms in total. The lowest BCUT2D eigenvalue weighted by atomic mass is 10.1. The van der Waals surface area contributed by atoms with Crippen LogP contribution < -0.4 is 16.0 Å². The Bertz CT molecular complexity index is 627. The maximum atomic E-state index is 12.2. The van der Waals surface area contributed by atoms with Gasteiger partial charge in [0.15, 0.2) is 0 Å². The largest absolute Gasteiger partial charge is 0.501 e. The number of amides is 1. The predicted octanol–water partition coefficient (Wildman–Crippen LogP) is -0.443. The van der Waals surface area contributed by atoms with Crippen LogP contribution >= 0.6 is 11.8 Å². The summed E-state index contributed by atoms with van der Waals surface area (Å²) >= 11 is 1.45. The second-order valence-corrected chi connectivity index (χ2v) is 13.8. The van der Waals surface area contributed by atoms with E-state index in [1.807, 2.05) is 0 Å². The molecule has 0 aliphatic carbocycles. The van der Waals surface area contributed by atoms with Crippen LogP contribution in [0.1, 0.15) is 20.8 Å². The molecule has 14 heteroatoms. The Labute approximate surface area is 197 Å². The van der Waals surface area contributed by atoms with E-state index in [-0.39, 0.29) is 11.8 Å². The summed E-state index contributed by atoms with van der Waals surface area (Å²) in [6.45, 7) is 7.34. The number of carbonyl (C=O) groups excluding carboxylic acids is 1. The average Bonchev–Trinajstić information content (AvgIpc) is 2.68. The average molecular weight is 520 g/mol. The van der Waals surface area contributed by atoms with Gasteiger partial charge >= 0.3 is 8.80 Å². The molecule has 2 unspecified atom stereocenters. The summed E-state index contributed by atoms with van der Waals surface area (Å²) in [4.78, 5) is 12.2. The Kier molecular flexibility index (Phi) is 15.4. The SMILES string of the molecule is CO[Si](CCNCCNCC(O)CSCC(C)C(=O)NC(C)(C)CS(=O)(=O)O)(OC)OC. The van der Waals surface area contributed by atoms with Gasteiger partial charge in [-0.05, 0) is 20.4 Å². The molecule has 0 saturated carbocycles. The third-order valence-electron chi connectivity index (χ3n) is 4.53. The highest BCUT2D eigenvalue weighted by Crippen LogP contribution is 2.13. The topological polar surface area (TPSA) is 155 Å². The van der Waals surface area contributed by atoms with Gasteiger partial charge in [0.25, 0.3) is 10.1 Å². The Morgan fingerprint density at radius 1 is 1.06 bits per heavy atom. The standard InChI is InChI=1S/C18H41N3O8S2Si/c1-15(17(23)21-18(2,3)14-31(24,25)26)12-30-13-16(22)11-20-8-7-19-9-10-32(27-4,28-5)29-6/h15-16,19-20,22H,7-14H2,1-6H3,(H,21,23)(H,24,25,26). The number of nitrogens with one attached hydrogen (secondary N) is 3. The molecule has 192 valence electrons. The van der Waals surface area contributed by atoms with Gasteiger partial charge in [-0.15, -0.1) is 0 Å². The van der Waals surface area contributed by atoms with Gasteiger partial charge in [0, 0.05) is 64.4 Å². The van der Waals surface area contributed by atoms with Gasteiger partial charge in [-0.1, -0.05) is 6.92 Å². The van der Waals surface area contributed by atoms with Crippen LogP contribution in [0.3, 0.4) is 0 Å². The van der Waals surface area contributed by atoms with Crippen molar-refractivity contribution in [2.24, 2.45) is 5.92 Å². The van der Waals surface area contributed by atoms with Gasteiger partial charge in [-0.3, -0.25) is 9.35 Å². The van der Waals surface area contributed by atoms with Crippen LogP contribution in [0.5, 0.6) is 0 Å². The third-order valence-corrected chi connectivity index (χ3v) is 9.70. The van der Waals surface area contributed by atoms with Crippen LogP contribution in [0.4, 0.5) is 0 Å². The van der Waals surface area contributed by atoms with Crippen LogP contribution in [-0.2, 0) is 28.2 Å². The van der Waals surface area contributed by atoms with E-state index in [1.165, 1.54) is 25.6 Å². The summed E-state index contributed by atoms with van der Waals surface area (Å²) in [5.74, 6) is -0.273. The number of aliphatic hydroxyl groups excluding tert-OH is 1. The van der Waals surface area contributed by atoms with Crippen molar-refractivity contribution in [3.63, 3.8) is 0 Å². The summed E-state index contributed by atoms with van der Waals surface area (Å²) in [5, 5.41) is 19.2. The van der Waals surface area contributed by atoms with E-state index in [0.717, 1.165) is 6.54 Å². The molecule has 2 atom stereocenters. The third kappa shape index (κ3) is 14.8. The summed E-state index contributed by atoms with van der Waals surface area (Å²) in [6.07, 6.45) is -0.554. The minimum atomic E-state index is -4.19. The second kappa shape index (κ2) is 15.6. The van der Waals surface area contributed by atoms with Crippen LogP contribution in [0.25, 0.3) is 0 Å². The number of thioether (sulfide) groups is 1. The fraction of sp³-hybridized carbons (Fsp3) is 0.944. The molecule has 0 aromatic heterocycles. The molecule has 1 amide bonds. The normalized spacial score (nSPS) is 14.9. The summed E-state index contributed by atoms with van der Waals surface area (Å²) in [6, 6.07) is 0.661. The fourth-order valence-electron chi connectivity index (χ4n) is 2.83. The number of hydrogen-bond acceptors (Lipinski definition) is 10. The van der Waals surface area contributed by atoms with Crippen LogP contribution in [0.2, 0.25) is 6.04 Å². The minimum absolute atomic E-state index is 0.299. The molecule has 0 aliphatic rings.